The van der Waals surface area contributed by atoms with Gasteiger partial charge in [-0.15, -0.1) is 6.58 Å². The Hall–Kier alpha value is -1.81. The summed E-state index contributed by atoms with van der Waals surface area (Å²) in [5.74, 6) is 0.842. The van der Waals surface area contributed by atoms with Gasteiger partial charge in [0.1, 0.15) is 5.75 Å². The van der Waals surface area contributed by atoms with Crippen LogP contribution in [0.25, 0.3) is 0 Å². The number of rotatable bonds is 4. The molecule has 24 heavy (non-hydrogen) atoms. The Balaban J connectivity index is 1.81. The maximum Gasteiger partial charge on any atom is 0.253 e. The molecule has 4 nitrogen and oxygen atoms in total. The minimum atomic E-state index is -0.264. The molecule has 1 spiro atoms. The van der Waals surface area contributed by atoms with Crippen LogP contribution in [0.5, 0.6) is 5.75 Å². The maximum absolute atomic E-state index is 13.0. The molecule has 1 heterocycles. The standard InChI is InChI=1S/C20H27NO3/c1-3-6-15-13-16(8-9-17(15)24-2)19(23)21-12-5-11-20(14-21)10-4-7-18(20)22/h3,8-9,13,18,22H,1,4-7,10-12,14H2,2H3/t18-,20+/m1/s1. The molecular formula is C20H27NO3. The van der Waals surface area contributed by atoms with Crippen molar-refractivity contribution in [3.63, 3.8) is 0 Å². The average Bonchev–Trinajstić information content (AvgIpc) is 2.94. The third-order valence-electron chi connectivity index (χ3n) is 5.65. The van der Waals surface area contributed by atoms with Crippen LogP contribution in [0.2, 0.25) is 0 Å². The van der Waals surface area contributed by atoms with Gasteiger partial charge in [-0.2, -0.15) is 0 Å². The quantitative estimate of drug-likeness (QED) is 0.863. The number of aliphatic hydroxyl groups excluding tert-OH is 1. The number of carbonyl (C=O) groups excluding carboxylic acids is 1. The summed E-state index contributed by atoms with van der Waals surface area (Å²) in [6, 6.07) is 5.60. The minimum Gasteiger partial charge on any atom is -0.496 e. The normalized spacial score (nSPS) is 26.6. The first-order valence-electron chi connectivity index (χ1n) is 8.85. The zero-order valence-electron chi connectivity index (χ0n) is 14.5. The van der Waals surface area contributed by atoms with Crippen LogP contribution in [0.1, 0.15) is 48.0 Å². The molecule has 1 aliphatic heterocycles. The molecule has 3 rings (SSSR count). The molecule has 1 aromatic carbocycles. The van der Waals surface area contributed by atoms with E-state index in [1.807, 2.05) is 29.2 Å². The van der Waals surface area contributed by atoms with Crippen molar-refractivity contribution in [2.45, 2.75) is 44.6 Å². The van der Waals surface area contributed by atoms with Gasteiger partial charge < -0.3 is 14.7 Å². The highest BCUT2D eigenvalue weighted by Crippen LogP contribution is 2.45. The summed E-state index contributed by atoms with van der Waals surface area (Å²) in [5.41, 5.74) is 1.59. The number of likely N-dealkylation sites (tertiary alicyclic amines) is 1. The zero-order chi connectivity index (χ0) is 17.2. The monoisotopic (exact) mass is 329 g/mol. The number of hydrogen-bond donors (Lipinski definition) is 1. The lowest BCUT2D eigenvalue weighted by Gasteiger charge is -2.42. The fourth-order valence-electron chi connectivity index (χ4n) is 4.34. The van der Waals surface area contributed by atoms with E-state index >= 15 is 0 Å². The molecule has 2 fully saturated rings. The molecule has 130 valence electrons. The number of benzene rings is 1. The first-order valence-corrected chi connectivity index (χ1v) is 8.85. The number of methoxy groups -OCH3 is 1. The molecule has 1 aliphatic carbocycles. The maximum atomic E-state index is 13.0. The third-order valence-corrected chi connectivity index (χ3v) is 5.65. The van der Waals surface area contributed by atoms with Crippen molar-refractivity contribution in [1.82, 2.24) is 4.90 Å². The number of aliphatic hydroxyl groups is 1. The Morgan fingerprint density at radius 3 is 2.92 bits per heavy atom. The van der Waals surface area contributed by atoms with Crippen LogP contribution < -0.4 is 4.74 Å². The first kappa shape index (κ1) is 17.0. The van der Waals surface area contributed by atoms with Crippen LogP contribution in [-0.4, -0.2) is 42.2 Å². The summed E-state index contributed by atoms with van der Waals surface area (Å²) in [7, 11) is 1.64. The Bertz CT molecular complexity index is 627. The highest BCUT2D eigenvalue weighted by molar-refractivity contribution is 5.94. The highest BCUT2D eigenvalue weighted by atomic mass is 16.5. The summed E-state index contributed by atoms with van der Waals surface area (Å²) >= 11 is 0. The number of nitrogens with zero attached hydrogens (tertiary/aromatic N) is 1. The van der Waals surface area contributed by atoms with Gasteiger partial charge in [-0.05, 0) is 55.9 Å². The van der Waals surface area contributed by atoms with Crippen LogP contribution in [0.3, 0.4) is 0 Å². The third kappa shape index (κ3) is 3.07. The average molecular weight is 329 g/mol. The Labute approximate surface area is 144 Å². The van der Waals surface area contributed by atoms with Crippen LogP contribution >= 0.6 is 0 Å². The van der Waals surface area contributed by atoms with Gasteiger partial charge in [0.2, 0.25) is 0 Å². The van der Waals surface area contributed by atoms with Crippen molar-refractivity contribution < 1.29 is 14.6 Å². The number of hydrogen-bond acceptors (Lipinski definition) is 3. The van der Waals surface area contributed by atoms with Crippen molar-refractivity contribution in [3.05, 3.63) is 42.0 Å². The van der Waals surface area contributed by atoms with Crippen LogP contribution in [-0.2, 0) is 6.42 Å². The van der Waals surface area contributed by atoms with Crippen LogP contribution in [0.15, 0.2) is 30.9 Å². The lowest BCUT2D eigenvalue weighted by atomic mass is 9.76. The topological polar surface area (TPSA) is 49.8 Å². The fourth-order valence-corrected chi connectivity index (χ4v) is 4.34. The molecule has 0 bridgehead atoms. The second-order valence-electron chi connectivity index (χ2n) is 7.12. The van der Waals surface area contributed by atoms with E-state index in [9.17, 15) is 9.90 Å². The molecule has 0 unspecified atom stereocenters. The largest absolute Gasteiger partial charge is 0.496 e. The first-order chi connectivity index (χ1) is 11.6. The Kier molecular flexibility index (Phi) is 4.95. The van der Waals surface area contributed by atoms with Crippen LogP contribution in [0.4, 0.5) is 0 Å². The van der Waals surface area contributed by atoms with Gasteiger partial charge in [-0.25, -0.2) is 0 Å². The van der Waals surface area contributed by atoms with E-state index in [0.29, 0.717) is 18.5 Å². The fraction of sp³-hybridized carbons (Fsp3) is 0.550. The Morgan fingerprint density at radius 2 is 2.25 bits per heavy atom. The van der Waals surface area contributed by atoms with E-state index in [2.05, 4.69) is 6.58 Å². The van der Waals surface area contributed by atoms with E-state index < -0.39 is 0 Å². The van der Waals surface area contributed by atoms with Gasteiger partial charge in [0.25, 0.3) is 5.91 Å². The molecule has 2 atom stereocenters. The molecular weight excluding hydrogens is 302 g/mol. The number of allylic oxidation sites excluding steroid dienone is 1. The number of amides is 1. The summed E-state index contributed by atoms with van der Waals surface area (Å²) in [6.07, 6.45) is 7.19. The highest BCUT2D eigenvalue weighted by Gasteiger charge is 2.45. The minimum absolute atomic E-state index is 0.0566. The molecule has 1 saturated heterocycles. The van der Waals surface area contributed by atoms with Crippen LogP contribution in [0, 0.1) is 5.41 Å². The molecule has 2 aliphatic rings. The van der Waals surface area contributed by atoms with E-state index in [0.717, 1.165) is 50.0 Å². The van der Waals surface area contributed by atoms with E-state index in [1.54, 1.807) is 7.11 Å². The second-order valence-corrected chi connectivity index (χ2v) is 7.12. The molecule has 1 amide bonds. The van der Waals surface area contributed by atoms with Crippen molar-refractivity contribution in [2.24, 2.45) is 5.41 Å². The van der Waals surface area contributed by atoms with Gasteiger partial charge >= 0.3 is 0 Å². The van der Waals surface area contributed by atoms with Gasteiger partial charge in [-0.1, -0.05) is 12.5 Å². The molecule has 4 heteroatoms. The lowest BCUT2D eigenvalue weighted by Crippen LogP contribution is -2.49. The SMILES string of the molecule is C=CCc1cc(C(=O)N2CCC[C@@]3(CCC[C@H]3O)C2)ccc1OC. The molecule has 0 radical (unpaired) electrons. The zero-order valence-corrected chi connectivity index (χ0v) is 14.5. The van der Waals surface area contributed by atoms with Crippen molar-refractivity contribution >= 4 is 5.91 Å². The summed E-state index contributed by atoms with van der Waals surface area (Å²) < 4.78 is 5.36. The van der Waals surface area contributed by atoms with E-state index in [4.69, 9.17) is 4.74 Å². The van der Waals surface area contributed by atoms with Crippen molar-refractivity contribution in [2.75, 3.05) is 20.2 Å². The van der Waals surface area contributed by atoms with Crippen molar-refractivity contribution in [3.8, 4) is 5.75 Å². The smallest absolute Gasteiger partial charge is 0.253 e. The molecule has 1 saturated carbocycles. The summed E-state index contributed by atoms with van der Waals surface area (Å²) in [5, 5.41) is 10.4. The second kappa shape index (κ2) is 6.98. The predicted octanol–water partition coefficient (Wildman–Crippen LogP) is 3.19. The number of carbonyl (C=O) groups is 1. The van der Waals surface area contributed by atoms with Gasteiger partial charge in [0.15, 0.2) is 0 Å². The molecule has 1 aromatic rings. The van der Waals surface area contributed by atoms with Gasteiger partial charge in [-0.3, -0.25) is 4.79 Å². The van der Waals surface area contributed by atoms with Gasteiger partial charge in [0, 0.05) is 24.1 Å². The number of piperidine rings is 1. The van der Waals surface area contributed by atoms with E-state index in [1.165, 1.54) is 0 Å². The lowest BCUT2D eigenvalue weighted by molar-refractivity contribution is -0.00536. The number of ether oxygens (including phenoxy) is 1. The summed E-state index contributed by atoms with van der Waals surface area (Å²) in [6.45, 7) is 5.22. The van der Waals surface area contributed by atoms with Crippen molar-refractivity contribution in [1.29, 1.82) is 0 Å². The van der Waals surface area contributed by atoms with Gasteiger partial charge in [0.05, 0.1) is 13.2 Å². The predicted molar refractivity (Wildman–Crippen MR) is 94.3 cm³/mol. The Morgan fingerprint density at radius 1 is 1.46 bits per heavy atom. The molecule has 1 N–H and O–H groups in total. The molecule has 0 aromatic heterocycles. The summed E-state index contributed by atoms with van der Waals surface area (Å²) in [4.78, 5) is 14.9. The van der Waals surface area contributed by atoms with E-state index in [-0.39, 0.29) is 17.4 Å².